The lowest BCUT2D eigenvalue weighted by Gasteiger charge is -2.34. The fourth-order valence-corrected chi connectivity index (χ4v) is 5.90. The van der Waals surface area contributed by atoms with Crippen molar-refractivity contribution in [3.63, 3.8) is 0 Å². The predicted molar refractivity (Wildman–Crippen MR) is 111 cm³/mol. The van der Waals surface area contributed by atoms with E-state index in [-0.39, 0.29) is 21.5 Å². The molecule has 2 amide bonds. The molecule has 0 bridgehead atoms. The summed E-state index contributed by atoms with van der Waals surface area (Å²) in [6.07, 6.45) is 7.12. The predicted octanol–water partition coefficient (Wildman–Crippen LogP) is 4.93. The first-order valence-electron chi connectivity index (χ1n) is 10.3. The van der Waals surface area contributed by atoms with Gasteiger partial charge in [0.2, 0.25) is 11.7 Å². The molecule has 1 aromatic carbocycles. The van der Waals surface area contributed by atoms with Gasteiger partial charge in [-0.2, -0.15) is 0 Å². The Hall–Kier alpha value is -1.72. The topological polar surface area (TPSA) is 71.5 Å². The first-order valence-corrected chi connectivity index (χ1v) is 11.0. The molecule has 0 radical (unpaired) electrons. The number of ketones is 2. The Bertz CT molecular complexity index is 935. The maximum absolute atomic E-state index is 13.7. The smallest absolute Gasteiger partial charge is 0.293 e. The molecule has 1 saturated carbocycles. The zero-order valence-corrected chi connectivity index (χ0v) is 17.9. The van der Waals surface area contributed by atoms with E-state index in [1.165, 1.54) is 0 Å². The molecule has 1 heterocycles. The van der Waals surface area contributed by atoms with Crippen LogP contribution in [0, 0.1) is 11.3 Å². The molecule has 3 aliphatic rings. The molecule has 7 heteroatoms. The van der Waals surface area contributed by atoms with Crippen LogP contribution in [0.2, 0.25) is 10.0 Å². The number of unbranched alkanes of at least 4 members (excludes halogenated alkanes) is 1. The Morgan fingerprint density at radius 1 is 1.10 bits per heavy atom. The number of imide groups is 1. The Morgan fingerprint density at radius 2 is 1.79 bits per heavy atom. The van der Waals surface area contributed by atoms with E-state index in [2.05, 4.69) is 6.92 Å². The summed E-state index contributed by atoms with van der Waals surface area (Å²) < 4.78 is 0. The molecule has 1 aliphatic heterocycles. The van der Waals surface area contributed by atoms with Gasteiger partial charge in [-0.05, 0) is 43.2 Å². The molecule has 154 valence electrons. The van der Waals surface area contributed by atoms with Crippen LogP contribution in [0.1, 0.15) is 74.2 Å². The van der Waals surface area contributed by atoms with E-state index in [1.807, 2.05) is 0 Å². The van der Waals surface area contributed by atoms with Crippen LogP contribution < -0.4 is 4.90 Å². The first-order chi connectivity index (χ1) is 13.8. The monoisotopic (exact) mass is 435 g/mol. The highest BCUT2D eigenvalue weighted by atomic mass is 35.5. The Labute approximate surface area is 179 Å². The summed E-state index contributed by atoms with van der Waals surface area (Å²) in [7, 11) is 0. The number of hydrogen-bond donors (Lipinski definition) is 0. The van der Waals surface area contributed by atoms with Gasteiger partial charge in [-0.15, -0.1) is 0 Å². The summed E-state index contributed by atoms with van der Waals surface area (Å²) in [6.45, 7) is 2.11. The van der Waals surface area contributed by atoms with E-state index < -0.39 is 29.4 Å². The van der Waals surface area contributed by atoms with Gasteiger partial charge in [-0.25, -0.2) is 4.90 Å². The molecule has 0 aromatic heterocycles. The maximum atomic E-state index is 13.7. The fraction of sp³-hybridized carbons (Fsp3) is 0.545. The minimum atomic E-state index is -0.898. The van der Waals surface area contributed by atoms with Crippen LogP contribution >= 0.6 is 23.2 Å². The average molecular weight is 436 g/mol. The number of hydrogen-bond acceptors (Lipinski definition) is 4. The van der Waals surface area contributed by atoms with Crippen molar-refractivity contribution >= 4 is 52.3 Å². The third-order valence-corrected chi connectivity index (χ3v) is 7.67. The molecule has 5 nitrogen and oxygen atoms in total. The number of benzene rings is 1. The Balaban J connectivity index is 1.81. The average Bonchev–Trinajstić information content (AvgIpc) is 3.37. The van der Waals surface area contributed by atoms with Crippen molar-refractivity contribution in [2.24, 2.45) is 11.3 Å². The van der Waals surface area contributed by atoms with E-state index in [4.69, 9.17) is 23.2 Å². The van der Waals surface area contributed by atoms with Crippen molar-refractivity contribution in [1.82, 2.24) is 0 Å². The van der Waals surface area contributed by atoms with Gasteiger partial charge >= 0.3 is 5.91 Å². The highest BCUT2D eigenvalue weighted by Crippen LogP contribution is 2.55. The normalized spacial score (nSPS) is 24.9. The van der Waals surface area contributed by atoms with Crippen molar-refractivity contribution in [2.75, 3.05) is 4.90 Å². The highest BCUT2D eigenvalue weighted by molar-refractivity contribution is 6.56. The number of nitrogens with zero attached hydrogens (tertiary/aromatic N) is 1. The molecule has 29 heavy (non-hydrogen) atoms. The van der Waals surface area contributed by atoms with Crippen LogP contribution in [0.15, 0.2) is 6.07 Å². The van der Waals surface area contributed by atoms with Crippen LogP contribution in [0.25, 0.3) is 0 Å². The molecular formula is C22H23Cl2NO4. The molecule has 1 saturated heterocycles. The van der Waals surface area contributed by atoms with E-state index in [1.54, 1.807) is 6.07 Å². The summed E-state index contributed by atoms with van der Waals surface area (Å²) in [6, 6.07) is 1.62. The third kappa shape index (κ3) is 3.05. The van der Waals surface area contributed by atoms with Crippen molar-refractivity contribution in [2.45, 2.75) is 64.7 Å². The summed E-state index contributed by atoms with van der Waals surface area (Å²) in [5.41, 5.74) is 0.771. The van der Waals surface area contributed by atoms with Gasteiger partial charge in [-0.1, -0.05) is 55.8 Å². The number of Topliss-reactive ketones (excluding diaryl/α,β-unsaturated/α-hetero) is 2. The van der Waals surface area contributed by atoms with E-state index in [9.17, 15) is 19.2 Å². The van der Waals surface area contributed by atoms with Crippen LogP contribution in [0.3, 0.4) is 0 Å². The van der Waals surface area contributed by atoms with Gasteiger partial charge in [0.05, 0.1) is 22.2 Å². The van der Waals surface area contributed by atoms with E-state index in [0.29, 0.717) is 17.9 Å². The lowest BCUT2D eigenvalue weighted by Crippen LogP contribution is -2.35. The van der Waals surface area contributed by atoms with Gasteiger partial charge in [-0.3, -0.25) is 19.2 Å². The van der Waals surface area contributed by atoms with Crippen molar-refractivity contribution < 1.29 is 19.2 Å². The molecule has 1 unspecified atom stereocenters. The zero-order valence-electron chi connectivity index (χ0n) is 16.4. The van der Waals surface area contributed by atoms with Crippen LogP contribution in [0.5, 0.6) is 0 Å². The molecule has 2 aliphatic carbocycles. The maximum Gasteiger partial charge on any atom is 0.301 e. The summed E-state index contributed by atoms with van der Waals surface area (Å²) in [5, 5.41) is 0.0633. The summed E-state index contributed by atoms with van der Waals surface area (Å²) >= 11 is 12.9. The standard InChI is InChI=1S/C22H23Cl2NO4/c1-2-3-8-22(13-6-4-5-7-13)11-12-9-14(18(23)19(24)17(12)20(22)28)25-16(27)10-15(26)21(25)29/h9,13H,2-8,10-11H2,1H3. The minimum absolute atomic E-state index is 0.0205. The molecule has 0 spiro atoms. The Morgan fingerprint density at radius 3 is 2.38 bits per heavy atom. The molecule has 2 fully saturated rings. The quantitative estimate of drug-likeness (QED) is 0.373. The second-order valence-corrected chi connectivity index (χ2v) is 9.19. The number of carbonyl (C=O) groups excluding carboxylic acids is 4. The van der Waals surface area contributed by atoms with Crippen molar-refractivity contribution in [1.29, 1.82) is 0 Å². The van der Waals surface area contributed by atoms with Gasteiger partial charge < -0.3 is 0 Å². The lowest BCUT2D eigenvalue weighted by molar-refractivity contribution is -0.133. The third-order valence-electron chi connectivity index (χ3n) is 6.81. The molecule has 1 aromatic rings. The van der Waals surface area contributed by atoms with Gasteiger partial charge in [0.15, 0.2) is 5.78 Å². The highest BCUT2D eigenvalue weighted by Gasteiger charge is 2.52. The summed E-state index contributed by atoms with van der Waals surface area (Å²) in [5.74, 6) is -1.92. The van der Waals surface area contributed by atoms with Crippen molar-refractivity contribution in [3.8, 4) is 0 Å². The Kier molecular flexibility index (Phi) is 5.32. The van der Waals surface area contributed by atoms with Crippen LogP contribution in [-0.4, -0.2) is 23.4 Å². The van der Waals surface area contributed by atoms with Crippen LogP contribution in [0.4, 0.5) is 5.69 Å². The van der Waals surface area contributed by atoms with Gasteiger partial charge in [0.1, 0.15) is 0 Å². The number of anilines is 1. The summed E-state index contributed by atoms with van der Waals surface area (Å²) in [4.78, 5) is 50.6. The zero-order chi connectivity index (χ0) is 20.9. The number of rotatable bonds is 5. The largest absolute Gasteiger partial charge is 0.301 e. The second kappa shape index (κ2) is 7.51. The van der Waals surface area contributed by atoms with Gasteiger partial charge in [0, 0.05) is 11.0 Å². The molecule has 4 rings (SSSR count). The van der Waals surface area contributed by atoms with Gasteiger partial charge in [0.25, 0.3) is 0 Å². The number of carbonyl (C=O) groups is 4. The van der Waals surface area contributed by atoms with E-state index in [0.717, 1.165) is 55.4 Å². The molecular weight excluding hydrogens is 413 g/mol. The SMILES string of the molecule is CCCCC1(C2CCCC2)Cc2cc(N3C(=O)CC(=O)C3=O)c(Cl)c(Cl)c2C1=O. The fourth-order valence-electron chi connectivity index (χ4n) is 5.36. The lowest BCUT2D eigenvalue weighted by atomic mass is 9.68. The van der Waals surface area contributed by atoms with Crippen LogP contribution in [-0.2, 0) is 20.8 Å². The second-order valence-electron chi connectivity index (χ2n) is 8.44. The van der Waals surface area contributed by atoms with Crippen molar-refractivity contribution in [3.05, 3.63) is 27.2 Å². The van der Waals surface area contributed by atoms with E-state index >= 15 is 0 Å². The number of halogens is 2. The molecule has 0 N–H and O–H groups in total. The number of fused-ring (bicyclic) bond motifs is 1. The first kappa shape index (κ1) is 20.5. The number of amides is 2. The molecule has 1 atom stereocenters. The minimum Gasteiger partial charge on any atom is -0.293 e.